The molecule has 9 nitrogen and oxygen atoms in total. The maximum Gasteiger partial charge on any atom is 0.337 e. The Morgan fingerprint density at radius 1 is 0.905 bits per heavy atom. The number of hydrogen-bond donors (Lipinski definition) is 1. The van der Waals surface area contributed by atoms with Crippen LogP contribution in [-0.2, 0) is 9.53 Å². The van der Waals surface area contributed by atoms with Crippen LogP contribution in [0.4, 0.5) is 11.4 Å². The largest absolute Gasteiger partial charge is 0.465 e. The lowest BCUT2D eigenvalue weighted by Crippen LogP contribution is -2.45. The van der Waals surface area contributed by atoms with Gasteiger partial charge in [-0.2, -0.15) is 0 Å². The fourth-order valence-electron chi connectivity index (χ4n) is 5.27. The number of piperidine rings is 1. The van der Waals surface area contributed by atoms with Gasteiger partial charge in [-0.3, -0.25) is 14.6 Å². The molecule has 2 aliphatic rings. The van der Waals surface area contributed by atoms with E-state index in [1.165, 1.54) is 7.11 Å². The molecule has 0 saturated carbocycles. The van der Waals surface area contributed by atoms with E-state index in [4.69, 9.17) is 4.74 Å². The molecule has 2 amide bonds. The molecule has 2 aliphatic heterocycles. The number of ether oxygens (including phenoxy) is 1. The number of rotatable bonds is 6. The molecule has 224 valence electrons. The first-order chi connectivity index (χ1) is 19.4. The van der Waals surface area contributed by atoms with Crippen molar-refractivity contribution in [2.24, 2.45) is 5.92 Å². The molecule has 1 aromatic heterocycles. The third kappa shape index (κ3) is 7.79. The van der Waals surface area contributed by atoms with Crippen LogP contribution < -0.4 is 10.2 Å². The third-order valence-electron chi connectivity index (χ3n) is 7.68. The Hall–Kier alpha value is -3.66. The van der Waals surface area contributed by atoms with Crippen molar-refractivity contribution in [1.82, 2.24) is 14.8 Å². The summed E-state index contributed by atoms with van der Waals surface area (Å²) in [5, 5.41) is 3.04. The minimum Gasteiger partial charge on any atom is -0.465 e. The Balaban J connectivity index is 0.00000242. The molecule has 0 radical (unpaired) electrons. The molecule has 0 bridgehead atoms. The van der Waals surface area contributed by atoms with Gasteiger partial charge in [0.15, 0.2) is 0 Å². The molecule has 1 atom stereocenters. The number of piperazine rings is 1. The van der Waals surface area contributed by atoms with Crippen molar-refractivity contribution in [2.75, 3.05) is 63.6 Å². The average molecular weight is 615 g/mol. The summed E-state index contributed by atoms with van der Waals surface area (Å²) in [7, 11) is 3.47. The van der Waals surface area contributed by atoms with E-state index in [9.17, 15) is 14.4 Å². The standard InChI is InChI=1S/C31H35N5O4.2ClH/c1-34-15-17-35(18-16-34)27-12-13-32-28(20-27)30(38)36-14-4-6-25(21-36)29(37)33-26-7-3-5-24(19-26)22-8-10-23(11-9-22)31(39)40-2;;/h3,5,7-13,19-20,25H,4,6,14-18,21H2,1-2H3,(H,33,37);2*1H/t25-;;/m0../s1. The second-order valence-corrected chi connectivity index (χ2v) is 10.4. The Kier molecular flexibility index (Phi) is 11.7. The molecule has 2 aromatic carbocycles. The van der Waals surface area contributed by atoms with Gasteiger partial charge in [0.2, 0.25) is 5.91 Å². The number of anilines is 2. The summed E-state index contributed by atoms with van der Waals surface area (Å²) < 4.78 is 4.77. The van der Waals surface area contributed by atoms with Gasteiger partial charge in [0, 0.05) is 56.8 Å². The second-order valence-electron chi connectivity index (χ2n) is 10.4. The van der Waals surface area contributed by atoms with E-state index < -0.39 is 0 Å². The van der Waals surface area contributed by atoms with E-state index >= 15 is 0 Å². The number of pyridine rings is 1. The summed E-state index contributed by atoms with van der Waals surface area (Å²) in [6, 6.07) is 18.6. The van der Waals surface area contributed by atoms with Crippen LogP contribution >= 0.6 is 24.8 Å². The number of methoxy groups -OCH3 is 1. The molecule has 3 aromatic rings. The van der Waals surface area contributed by atoms with Crippen LogP contribution in [0.15, 0.2) is 66.9 Å². The number of likely N-dealkylation sites (N-methyl/N-ethyl adjacent to an activating group) is 1. The molecular weight excluding hydrogens is 577 g/mol. The van der Waals surface area contributed by atoms with Crippen molar-refractivity contribution >= 4 is 54.0 Å². The van der Waals surface area contributed by atoms with Gasteiger partial charge in [-0.1, -0.05) is 24.3 Å². The van der Waals surface area contributed by atoms with Gasteiger partial charge >= 0.3 is 5.97 Å². The van der Waals surface area contributed by atoms with Crippen molar-refractivity contribution in [3.63, 3.8) is 0 Å². The highest BCUT2D eigenvalue weighted by molar-refractivity contribution is 5.96. The van der Waals surface area contributed by atoms with Crippen LogP contribution in [0.3, 0.4) is 0 Å². The summed E-state index contributed by atoms with van der Waals surface area (Å²) in [5.74, 6) is -0.923. The number of aromatic nitrogens is 1. The molecule has 1 N–H and O–H groups in total. The minimum absolute atomic E-state index is 0. The van der Waals surface area contributed by atoms with E-state index in [1.807, 2.05) is 48.5 Å². The minimum atomic E-state index is -0.383. The molecule has 11 heteroatoms. The lowest BCUT2D eigenvalue weighted by atomic mass is 9.96. The number of likely N-dealkylation sites (tertiary alicyclic amines) is 1. The van der Waals surface area contributed by atoms with Crippen LogP contribution in [0.1, 0.15) is 33.7 Å². The molecule has 0 aliphatic carbocycles. The van der Waals surface area contributed by atoms with Crippen molar-refractivity contribution in [1.29, 1.82) is 0 Å². The van der Waals surface area contributed by atoms with E-state index in [0.29, 0.717) is 30.0 Å². The second kappa shape index (κ2) is 15.0. The topological polar surface area (TPSA) is 95.1 Å². The molecule has 2 saturated heterocycles. The Bertz CT molecular complexity index is 1380. The average Bonchev–Trinajstić information content (AvgIpc) is 3.01. The zero-order valence-electron chi connectivity index (χ0n) is 23.8. The first kappa shape index (κ1) is 32.8. The SMILES string of the molecule is COC(=O)c1ccc(-c2cccc(NC(=O)[C@H]3CCCN(C(=O)c4cc(N5CCN(C)CC5)ccn4)C3)c2)cc1.Cl.Cl. The predicted octanol–water partition coefficient (Wildman–Crippen LogP) is 4.62. The number of benzene rings is 2. The van der Waals surface area contributed by atoms with Crippen molar-refractivity contribution in [3.8, 4) is 11.1 Å². The zero-order valence-corrected chi connectivity index (χ0v) is 25.5. The smallest absolute Gasteiger partial charge is 0.337 e. The number of halogens is 2. The van der Waals surface area contributed by atoms with Crippen LogP contribution in [0.2, 0.25) is 0 Å². The summed E-state index contributed by atoms with van der Waals surface area (Å²) in [6.07, 6.45) is 3.18. The van der Waals surface area contributed by atoms with Gasteiger partial charge < -0.3 is 24.8 Å². The number of nitrogens with one attached hydrogen (secondary N) is 1. The van der Waals surface area contributed by atoms with E-state index in [-0.39, 0.29) is 48.5 Å². The van der Waals surface area contributed by atoms with Gasteiger partial charge in [-0.25, -0.2) is 4.79 Å². The molecule has 5 rings (SSSR count). The normalized spacial score (nSPS) is 17.0. The van der Waals surface area contributed by atoms with Gasteiger partial charge in [0.25, 0.3) is 5.91 Å². The highest BCUT2D eigenvalue weighted by Crippen LogP contribution is 2.26. The van der Waals surface area contributed by atoms with Crippen LogP contribution in [0.25, 0.3) is 11.1 Å². The monoisotopic (exact) mass is 613 g/mol. The van der Waals surface area contributed by atoms with Crippen LogP contribution in [0, 0.1) is 5.92 Å². The maximum atomic E-state index is 13.4. The number of carbonyl (C=O) groups is 3. The van der Waals surface area contributed by atoms with E-state index in [0.717, 1.165) is 55.8 Å². The molecule has 0 spiro atoms. The number of amides is 2. The number of carbonyl (C=O) groups excluding carboxylic acids is 3. The summed E-state index contributed by atoms with van der Waals surface area (Å²) in [4.78, 5) is 49.0. The third-order valence-corrected chi connectivity index (χ3v) is 7.68. The maximum absolute atomic E-state index is 13.4. The lowest BCUT2D eigenvalue weighted by Gasteiger charge is -2.34. The van der Waals surface area contributed by atoms with Gasteiger partial charge in [-0.05, 0) is 67.4 Å². The first-order valence-corrected chi connectivity index (χ1v) is 13.7. The number of nitrogens with zero attached hydrogens (tertiary/aromatic N) is 4. The Morgan fingerprint density at radius 3 is 2.36 bits per heavy atom. The Morgan fingerprint density at radius 2 is 1.64 bits per heavy atom. The van der Waals surface area contributed by atoms with Crippen molar-refractivity contribution in [2.45, 2.75) is 12.8 Å². The predicted molar refractivity (Wildman–Crippen MR) is 169 cm³/mol. The lowest BCUT2D eigenvalue weighted by molar-refractivity contribution is -0.121. The molecule has 3 heterocycles. The molecule has 2 fully saturated rings. The molecule has 42 heavy (non-hydrogen) atoms. The highest BCUT2D eigenvalue weighted by Gasteiger charge is 2.30. The van der Waals surface area contributed by atoms with E-state index in [2.05, 4.69) is 27.1 Å². The van der Waals surface area contributed by atoms with Crippen molar-refractivity contribution < 1.29 is 19.1 Å². The van der Waals surface area contributed by atoms with Gasteiger partial charge in [0.05, 0.1) is 18.6 Å². The fraction of sp³-hybridized carbons (Fsp3) is 0.355. The summed E-state index contributed by atoms with van der Waals surface area (Å²) in [5.41, 5.74) is 4.43. The Labute approximate surface area is 259 Å². The summed E-state index contributed by atoms with van der Waals surface area (Å²) >= 11 is 0. The van der Waals surface area contributed by atoms with Crippen molar-refractivity contribution in [3.05, 3.63) is 78.1 Å². The number of esters is 1. The highest BCUT2D eigenvalue weighted by atomic mass is 35.5. The number of hydrogen-bond acceptors (Lipinski definition) is 7. The summed E-state index contributed by atoms with van der Waals surface area (Å²) in [6.45, 7) is 4.78. The molecule has 0 unspecified atom stereocenters. The fourth-order valence-corrected chi connectivity index (χ4v) is 5.27. The zero-order chi connectivity index (χ0) is 28.1. The van der Waals surface area contributed by atoms with Gasteiger partial charge in [-0.15, -0.1) is 24.8 Å². The first-order valence-electron chi connectivity index (χ1n) is 13.7. The van der Waals surface area contributed by atoms with Crippen LogP contribution in [-0.4, -0.2) is 86.0 Å². The molecular formula is C31H37Cl2N5O4. The van der Waals surface area contributed by atoms with Gasteiger partial charge in [0.1, 0.15) is 5.69 Å². The quantitative estimate of drug-likeness (QED) is 0.405. The van der Waals surface area contributed by atoms with Crippen LogP contribution in [0.5, 0.6) is 0 Å². The van der Waals surface area contributed by atoms with E-state index in [1.54, 1.807) is 23.2 Å².